The van der Waals surface area contributed by atoms with Crippen LogP contribution in [-0.4, -0.2) is 16.8 Å². The molecule has 0 aliphatic heterocycles. The quantitative estimate of drug-likeness (QED) is 0.914. The Morgan fingerprint density at radius 2 is 2.21 bits per heavy atom. The van der Waals surface area contributed by atoms with Crippen LogP contribution in [0.1, 0.15) is 10.6 Å². The number of aryl methyl sites for hydroxylation is 1. The van der Waals surface area contributed by atoms with Crippen molar-refractivity contribution < 1.29 is 13.5 Å². The Kier molecular flexibility index (Phi) is 4.49. The normalized spacial score (nSPS) is 10.8. The standard InChI is InChI=1S/C11H10ClF2N3OS/c1-6-16-17-11(19-6)15-5-7-4-8(12)2-3-9(7)18-10(13)14/h2-4,10H,5H2,1H3,(H,15,17). The fourth-order valence-corrected chi connectivity index (χ4v) is 2.22. The number of anilines is 1. The summed E-state index contributed by atoms with van der Waals surface area (Å²) in [7, 11) is 0. The molecule has 4 nitrogen and oxygen atoms in total. The largest absolute Gasteiger partial charge is 0.434 e. The molecule has 0 saturated heterocycles. The van der Waals surface area contributed by atoms with Gasteiger partial charge < -0.3 is 10.1 Å². The summed E-state index contributed by atoms with van der Waals surface area (Å²) in [6, 6.07) is 4.48. The zero-order valence-electron chi connectivity index (χ0n) is 9.86. The van der Waals surface area contributed by atoms with Gasteiger partial charge in [-0.25, -0.2) is 0 Å². The van der Waals surface area contributed by atoms with Gasteiger partial charge >= 0.3 is 6.61 Å². The van der Waals surface area contributed by atoms with Crippen molar-refractivity contribution in [2.75, 3.05) is 5.32 Å². The molecular weight excluding hydrogens is 296 g/mol. The number of alkyl halides is 2. The van der Waals surface area contributed by atoms with Gasteiger partial charge in [0.25, 0.3) is 0 Å². The number of hydrogen-bond donors (Lipinski definition) is 1. The highest BCUT2D eigenvalue weighted by Gasteiger charge is 2.11. The predicted octanol–water partition coefficient (Wildman–Crippen LogP) is 3.71. The molecule has 1 aromatic heterocycles. The molecule has 0 atom stereocenters. The van der Waals surface area contributed by atoms with Gasteiger partial charge in [-0.3, -0.25) is 0 Å². The van der Waals surface area contributed by atoms with E-state index in [4.69, 9.17) is 11.6 Å². The van der Waals surface area contributed by atoms with Gasteiger partial charge in [0.05, 0.1) is 0 Å². The molecule has 2 aromatic rings. The molecule has 0 aliphatic carbocycles. The minimum Gasteiger partial charge on any atom is -0.434 e. The highest BCUT2D eigenvalue weighted by atomic mass is 35.5. The lowest BCUT2D eigenvalue weighted by Crippen LogP contribution is -2.07. The molecule has 102 valence electrons. The Labute approximate surface area is 117 Å². The van der Waals surface area contributed by atoms with Gasteiger partial charge in [0.15, 0.2) is 0 Å². The van der Waals surface area contributed by atoms with E-state index < -0.39 is 6.61 Å². The second-order valence-electron chi connectivity index (χ2n) is 3.61. The first-order valence-electron chi connectivity index (χ1n) is 5.32. The van der Waals surface area contributed by atoms with Gasteiger partial charge in [-0.1, -0.05) is 22.9 Å². The lowest BCUT2D eigenvalue weighted by Gasteiger charge is -2.11. The Hall–Kier alpha value is -1.47. The van der Waals surface area contributed by atoms with Crippen LogP contribution in [0.15, 0.2) is 18.2 Å². The van der Waals surface area contributed by atoms with Gasteiger partial charge in [-0.2, -0.15) is 8.78 Å². The highest BCUT2D eigenvalue weighted by molar-refractivity contribution is 7.15. The summed E-state index contributed by atoms with van der Waals surface area (Å²) in [6.07, 6.45) is 0. The summed E-state index contributed by atoms with van der Waals surface area (Å²) in [4.78, 5) is 0. The minimum absolute atomic E-state index is 0.0909. The predicted molar refractivity (Wildman–Crippen MR) is 70.1 cm³/mol. The first-order chi connectivity index (χ1) is 9.04. The van der Waals surface area contributed by atoms with Crippen LogP contribution in [0.2, 0.25) is 5.02 Å². The van der Waals surface area contributed by atoms with Crippen molar-refractivity contribution in [3.8, 4) is 5.75 Å². The molecule has 8 heteroatoms. The van der Waals surface area contributed by atoms with Crippen LogP contribution in [0, 0.1) is 6.92 Å². The highest BCUT2D eigenvalue weighted by Crippen LogP contribution is 2.26. The third-order valence-corrected chi connectivity index (χ3v) is 3.23. The molecule has 0 amide bonds. The Morgan fingerprint density at radius 1 is 1.42 bits per heavy atom. The van der Waals surface area contributed by atoms with Gasteiger partial charge in [0.1, 0.15) is 10.8 Å². The van der Waals surface area contributed by atoms with E-state index in [0.717, 1.165) is 5.01 Å². The lowest BCUT2D eigenvalue weighted by molar-refractivity contribution is -0.0504. The minimum atomic E-state index is -2.87. The lowest BCUT2D eigenvalue weighted by atomic mass is 10.2. The van der Waals surface area contributed by atoms with Crippen molar-refractivity contribution in [2.45, 2.75) is 20.1 Å². The maximum Gasteiger partial charge on any atom is 0.387 e. The fraction of sp³-hybridized carbons (Fsp3) is 0.273. The maximum atomic E-state index is 12.3. The van der Waals surface area contributed by atoms with Crippen LogP contribution >= 0.6 is 22.9 Å². The molecule has 1 aromatic carbocycles. The van der Waals surface area contributed by atoms with Crippen LogP contribution in [0.5, 0.6) is 5.75 Å². The van der Waals surface area contributed by atoms with Crippen molar-refractivity contribution in [1.29, 1.82) is 0 Å². The molecule has 2 rings (SSSR count). The summed E-state index contributed by atoms with van der Waals surface area (Å²) in [5.74, 6) is 0.0909. The summed E-state index contributed by atoms with van der Waals surface area (Å²) in [5, 5.41) is 12.6. The first kappa shape index (κ1) is 14.0. The Bertz CT molecular complexity index is 565. The molecule has 0 unspecified atom stereocenters. The van der Waals surface area contributed by atoms with Crippen molar-refractivity contribution in [3.05, 3.63) is 33.8 Å². The van der Waals surface area contributed by atoms with E-state index in [1.807, 2.05) is 6.92 Å². The smallest absolute Gasteiger partial charge is 0.387 e. The van der Waals surface area contributed by atoms with E-state index in [-0.39, 0.29) is 12.3 Å². The molecule has 0 aliphatic rings. The number of nitrogens with one attached hydrogen (secondary N) is 1. The van der Waals surface area contributed by atoms with Crippen molar-refractivity contribution in [2.24, 2.45) is 0 Å². The molecule has 0 spiro atoms. The maximum absolute atomic E-state index is 12.3. The van der Waals surface area contributed by atoms with E-state index in [9.17, 15) is 8.78 Å². The van der Waals surface area contributed by atoms with E-state index >= 15 is 0 Å². The van der Waals surface area contributed by atoms with E-state index in [0.29, 0.717) is 15.7 Å². The topological polar surface area (TPSA) is 47.0 Å². The summed E-state index contributed by atoms with van der Waals surface area (Å²) in [6.45, 7) is -0.770. The third-order valence-electron chi connectivity index (χ3n) is 2.19. The van der Waals surface area contributed by atoms with Gasteiger partial charge in [0, 0.05) is 17.1 Å². The molecule has 19 heavy (non-hydrogen) atoms. The number of benzene rings is 1. The zero-order chi connectivity index (χ0) is 13.8. The van der Waals surface area contributed by atoms with Gasteiger partial charge in [-0.05, 0) is 25.1 Å². The second-order valence-corrected chi connectivity index (χ2v) is 5.23. The van der Waals surface area contributed by atoms with Gasteiger partial charge in [0.2, 0.25) is 5.13 Å². The van der Waals surface area contributed by atoms with Gasteiger partial charge in [-0.15, -0.1) is 10.2 Å². The summed E-state index contributed by atoms with van der Waals surface area (Å²) >= 11 is 7.22. The fourth-order valence-electron chi connectivity index (χ4n) is 1.44. The Morgan fingerprint density at radius 3 is 2.84 bits per heavy atom. The number of aromatic nitrogens is 2. The van der Waals surface area contributed by atoms with Crippen LogP contribution in [0.4, 0.5) is 13.9 Å². The number of halogens is 3. The van der Waals surface area contributed by atoms with E-state index in [1.165, 1.54) is 23.5 Å². The second kappa shape index (κ2) is 6.12. The van der Waals surface area contributed by atoms with Crippen LogP contribution in [-0.2, 0) is 6.54 Å². The Balaban J connectivity index is 2.11. The van der Waals surface area contributed by atoms with Crippen molar-refractivity contribution in [1.82, 2.24) is 10.2 Å². The number of nitrogens with zero attached hydrogens (tertiary/aromatic N) is 2. The monoisotopic (exact) mass is 305 g/mol. The summed E-state index contributed by atoms with van der Waals surface area (Å²) < 4.78 is 29.0. The molecule has 0 fully saturated rings. The summed E-state index contributed by atoms with van der Waals surface area (Å²) in [5.41, 5.74) is 0.528. The average Bonchev–Trinajstić information content (AvgIpc) is 2.75. The third kappa shape index (κ3) is 4.00. The van der Waals surface area contributed by atoms with E-state index in [1.54, 1.807) is 6.07 Å². The van der Waals surface area contributed by atoms with Crippen LogP contribution in [0.3, 0.4) is 0 Å². The van der Waals surface area contributed by atoms with Crippen molar-refractivity contribution >= 4 is 28.1 Å². The number of rotatable bonds is 5. The molecule has 1 heterocycles. The van der Waals surface area contributed by atoms with Crippen LogP contribution < -0.4 is 10.1 Å². The SMILES string of the molecule is Cc1nnc(NCc2cc(Cl)ccc2OC(F)F)s1. The van der Waals surface area contributed by atoms with Crippen molar-refractivity contribution in [3.63, 3.8) is 0 Å². The number of ether oxygens (including phenoxy) is 1. The number of hydrogen-bond acceptors (Lipinski definition) is 5. The average molecular weight is 306 g/mol. The molecule has 0 radical (unpaired) electrons. The van der Waals surface area contributed by atoms with Crippen LogP contribution in [0.25, 0.3) is 0 Å². The first-order valence-corrected chi connectivity index (χ1v) is 6.51. The van der Waals surface area contributed by atoms with E-state index in [2.05, 4.69) is 20.3 Å². The molecule has 0 saturated carbocycles. The zero-order valence-corrected chi connectivity index (χ0v) is 11.4. The molecular formula is C11H10ClF2N3OS. The molecule has 0 bridgehead atoms. The molecule has 1 N–H and O–H groups in total.